The van der Waals surface area contributed by atoms with Gasteiger partial charge in [-0.1, -0.05) is 6.07 Å². The van der Waals surface area contributed by atoms with Crippen LogP contribution in [0.5, 0.6) is 11.5 Å². The number of urea groups is 1. The van der Waals surface area contributed by atoms with Gasteiger partial charge in [-0.2, -0.15) is 0 Å². The zero-order valence-electron chi connectivity index (χ0n) is 14.7. The predicted octanol–water partition coefficient (Wildman–Crippen LogP) is 1.84. The van der Waals surface area contributed by atoms with Crippen molar-refractivity contribution < 1.29 is 23.7 Å². The molecule has 3 rings (SSSR count). The van der Waals surface area contributed by atoms with Crippen LogP contribution in [0.2, 0.25) is 0 Å². The molecular weight excluding hydrogens is 324 g/mol. The van der Waals surface area contributed by atoms with Crippen LogP contribution in [0, 0.1) is 0 Å². The fourth-order valence-electron chi connectivity index (χ4n) is 3.41. The largest absolute Gasteiger partial charge is 0.493 e. The lowest BCUT2D eigenvalue weighted by Crippen LogP contribution is -2.51. The van der Waals surface area contributed by atoms with Gasteiger partial charge in [0.15, 0.2) is 11.5 Å². The molecule has 1 aliphatic carbocycles. The molecular formula is C18H26N2O5. The second-order valence-corrected chi connectivity index (χ2v) is 6.34. The number of carbonyl (C=O) groups excluding carboxylic acids is 1. The van der Waals surface area contributed by atoms with Gasteiger partial charge < -0.3 is 29.6 Å². The van der Waals surface area contributed by atoms with Crippen LogP contribution in [-0.4, -0.2) is 51.7 Å². The first-order valence-electron chi connectivity index (χ1n) is 8.68. The number of amides is 2. The molecule has 1 aromatic rings. The second-order valence-electron chi connectivity index (χ2n) is 6.34. The van der Waals surface area contributed by atoms with Crippen molar-refractivity contribution in [1.82, 2.24) is 10.6 Å². The molecule has 3 atom stereocenters. The Morgan fingerprint density at radius 3 is 2.64 bits per heavy atom. The van der Waals surface area contributed by atoms with E-state index < -0.39 is 0 Å². The van der Waals surface area contributed by atoms with Crippen molar-refractivity contribution in [1.29, 1.82) is 0 Å². The SMILES string of the molecule is COc1ccc(CNC(=O)NC2CCC3OCCOC3C2)cc1OC. The summed E-state index contributed by atoms with van der Waals surface area (Å²) in [4.78, 5) is 12.2. The van der Waals surface area contributed by atoms with E-state index in [0.29, 0.717) is 31.3 Å². The highest BCUT2D eigenvalue weighted by Gasteiger charge is 2.34. The standard InChI is InChI=1S/C18H26N2O5/c1-22-14-5-3-12(9-16(14)23-2)11-19-18(21)20-13-4-6-15-17(10-13)25-8-7-24-15/h3,5,9,13,15,17H,4,6-8,10-11H2,1-2H3,(H2,19,20,21). The van der Waals surface area contributed by atoms with Crippen molar-refractivity contribution >= 4 is 6.03 Å². The smallest absolute Gasteiger partial charge is 0.315 e. The summed E-state index contributed by atoms with van der Waals surface area (Å²) in [6, 6.07) is 5.54. The molecule has 7 heteroatoms. The van der Waals surface area contributed by atoms with Gasteiger partial charge in [0.25, 0.3) is 0 Å². The third-order valence-corrected chi connectivity index (χ3v) is 4.71. The van der Waals surface area contributed by atoms with Gasteiger partial charge in [0, 0.05) is 12.6 Å². The fraction of sp³-hybridized carbons (Fsp3) is 0.611. The molecule has 1 saturated heterocycles. The third-order valence-electron chi connectivity index (χ3n) is 4.71. The molecule has 0 aromatic heterocycles. The Morgan fingerprint density at radius 2 is 1.88 bits per heavy atom. The lowest BCUT2D eigenvalue weighted by atomic mass is 9.90. The molecule has 0 bridgehead atoms. The van der Waals surface area contributed by atoms with Gasteiger partial charge >= 0.3 is 6.03 Å². The van der Waals surface area contributed by atoms with Crippen LogP contribution < -0.4 is 20.1 Å². The number of ether oxygens (including phenoxy) is 4. The van der Waals surface area contributed by atoms with Crippen molar-refractivity contribution in [2.45, 2.75) is 44.1 Å². The molecule has 2 N–H and O–H groups in total. The molecule has 3 unspecified atom stereocenters. The summed E-state index contributed by atoms with van der Waals surface area (Å²) in [5.41, 5.74) is 0.945. The Hall–Kier alpha value is -1.99. The zero-order chi connectivity index (χ0) is 17.6. The summed E-state index contributed by atoms with van der Waals surface area (Å²) in [7, 11) is 3.19. The minimum absolute atomic E-state index is 0.0960. The number of fused-ring (bicyclic) bond motifs is 1. The molecule has 1 heterocycles. The first-order chi connectivity index (χ1) is 12.2. The Bertz CT molecular complexity index is 595. The van der Waals surface area contributed by atoms with Gasteiger partial charge in [-0.05, 0) is 37.0 Å². The van der Waals surface area contributed by atoms with Gasteiger partial charge in [0.05, 0.1) is 39.6 Å². The number of nitrogens with one attached hydrogen (secondary N) is 2. The summed E-state index contributed by atoms with van der Waals surface area (Å²) in [5.74, 6) is 1.32. The number of benzene rings is 1. The van der Waals surface area contributed by atoms with Crippen LogP contribution in [0.25, 0.3) is 0 Å². The molecule has 2 fully saturated rings. The second kappa shape index (κ2) is 8.40. The average molecular weight is 350 g/mol. The van der Waals surface area contributed by atoms with E-state index in [0.717, 1.165) is 24.8 Å². The van der Waals surface area contributed by atoms with Crippen molar-refractivity contribution in [2.24, 2.45) is 0 Å². The van der Waals surface area contributed by atoms with Crippen LogP contribution in [0.3, 0.4) is 0 Å². The number of carbonyl (C=O) groups is 1. The summed E-state index contributed by atoms with van der Waals surface area (Å²) in [6.07, 6.45) is 2.91. The topological polar surface area (TPSA) is 78.1 Å². The summed E-state index contributed by atoms with van der Waals surface area (Å²) in [6.45, 7) is 1.73. The molecule has 2 aliphatic rings. The van der Waals surface area contributed by atoms with E-state index in [1.807, 2.05) is 18.2 Å². The van der Waals surface area contributed by atoms with E-state index in [1.54, 1.807) is 14.2 Å². The minimum atomic E-state index is -0.171. The first-order valence-corrected chi connectivity index (χ1v) is 8.68. The average Bonchev–Trinajstić information content (AvgIpc) is 2.66. The van der Waals surface area contributed by atoms with Gasteiger partial charge in [0.2, 0.25) is 0 Å². The lowest BCUT2D eigenvalue weighted by Gasteiger charge is -2.39. The predicted molar refractivity (Wildman–Crippen MR) is 92.0 cm³/mol. The fourth-order valence-corrected chi connectivity index (χ4v) is 3.41. The highest BCUT2D eigenvalue weighted by Crippen LogP contribution is 2.28. The van der Waals surface area contributed by atoms with Crippen LogP contribution in [0.1, 0.15) is 24.8 Å². The van der Waals surface area contributed by atoms with Crippen molar-refractivity contribution in [3.05, 3.63) is 23.8 Å². The van der Waals surface area contributed by atoms with Crippen molar-refractivity contribution in [3.8, 4) is 11.5 Å². The van der Waals surface area contributed by atoms with Crippen molar-refractivity contribution in [2.75, 3.05) is 27.4 Å². The van der Waals surface area contributed by atoms with Gasteiger partial charge in [-0.15, -0.1) is 0 Å². The van der Waals surface area contributed by atoms with E-state index in [4.69, 9.17) is 18.9 Å². The third kappa shape index (κ3) is 4.55. The van der Waals surface area contributed by atoms with Crippen LogP contribution in [-0.2, 0) is 16.0 Å². The van der Waals surface area contributed by atoms with Crippen molar-refractivity contribution in [3.63, 3.8) is 0 Å². The van der Waals surface area contributed by atoms with Crippen LogP contribution in [0.15, 0.2) is 18.2 Å². The molecule has 0 radical (unpaired) electrons. The lowest BCUT2D eigenvalue weighted by molar-refractivity contribution is -0.157. The summed E-state index contributed by atoms with van der Waals surface area (Å²) < 4.78 is 21.9. The van der Waals surface area contributed by atoms with Crippen LogP contribution in [0.4, 0.5) is 4.79 Å². The maximum atomic E-state index is 12.2. The maximum Gasteiger partial charge on any atom is 0.315 e. The number of methoxy groups -OCH3 is 2. The molecule has 25 heavy (non-hydrogen) atoms. The molecule has 1 saturated carbocycles. The van der Waals surface area contributed by atoms with E-state index in [-0.39, 0.29) is 24.3 Å². The molecule has 0 spiro atoms. The summed E-state index contributed by atoms with van der Waals surface area (Å²) >= 11 is 0. The van der Waals surface area contributed by atoms with Crippen LogP contribution >= 0.6 is 0 Å². The van der Waals surface area contributed by atoms with E-state index >= 15 is 0 Å². The van der Waals surface area contributed by atoms with Gasteiger partial charge in [-0.3, -0.25) is 0 Å². The highest BCUT2D eigenvalue weighted by atomic mass is 16.6. The van der Waals surface area contributed by atoms with E-state index in [9.17, 15) is 4.79 Å². The minimum Gasteiger partial charge on any atom is -0.493 e. The first kappa shape index (κ1) is 17.8. The molecule has 1 aliphatic heterocycles. The Morgan fingerprint density at radius 1 is 1.12 bits per heavy atom. The zero-order valence-corrected chi connectivity index (χ0v) is 14.7. The quantitative estimate of drug-likeness (QED) is 0.847. The Balaban J connectivity index is 1.46. The maximum absolute atomic E-state index is 12.2. The number of hydrogen-bond acceptors (Lipinski definition) is 5. The van der Waals surface area contributed by atoms with E-state index in [2.05, 4.69) is 10.6 Å². The van der Waals surface area contributed by atoms with Gasteiger partial charge in [0.1, 0.15) is 0 Å². The van der Waals surface area contributed by atoms with Gasteiger partial charge in [-0.25, -0.2) is 4.79 Å². The van der Waals surface area contributed by atoms with E-state index in [1.165, 1.54) is 0 Å². The number of hydrogen-bond donors (Lipinski definition) is 2. The molecule has 1 aromatic carbocycles. The summed E-state index contributed by atoms with van der Waals surface area (Å²) in [5, 5.41) is 5.92. The normalized spacial score (nSPS) is 25.6. The monoisotopic (exact) mass is 350 g/mol. The molecule has 7 nitrogen and oxygen atoms in total. The highest BCUT2D eigenvalue weighted by molar-refractivity contribution is 5.74. The Kier molecular flexibility index (Phi) is 5.99. The number of rotatable bonds is 5. The Labute approximate surface area is 148 Å². The molecule has 138 valence electrons. The molecule has 2 amide bonds.